The average Bonchev–Trinajstić information content (AvgIpc) is 2.97. The molecule has 0 saturated heterocycles. The van der Waals surface area contributed by atoms with Crippen molar-refractivity contribution in [2.24, 2.45) is 0 Å². The molecule has 2 aromatic heterocycles. The van der Waals surface area contributed by atoms with E-state index >= 15 is 0 Å². The molecule has 0 aliphatic carbocycles. The first kappa shape index (κ1) is 14.6. The van der Waals surface area contributed by atoms with E-state index < -0.39 is 0 Å². The molecule has 23 heavy (non-hydrogen) atoms. The summed E-state index contributed by atoms with van der Waals surface area (Å²) >= 11 is 3.66. The van der Waals surface area contributed by atoms with Crippen LogP contribution in [0.2, 0.25) is 0 Å². The Bertz CT molecular complexity index is 972. The zero-order chi connectivity index (χ0) is 15.8. The second-order valence-electron chi connectivity index (χ2n) is 5.15. The number of rotatable bonds is 2. The highest BCUT2D eigenvalue weighted by molar-refractivity contribution is 14.1. The van der Waals surface area contributed by atoms with Gasteiger partial charge in [-0.05, 0) is 65.1 Å². The number of para-hydroxylation sites is 1. The normalized spacial score (nSPS) is 11.0. The highest BCUT2D eigenvalue weighted by atomic mass is 127. The molecule has 4 aromatic rings. The minimum absolute atomic E-state index is 0.0988. The number of hydrogen-bond acceptors (Lipinski definition) is 3. The lowest BCUT2D eigenvalue weighted by atomic mass is 10.2. The van der Waals surface area contributed by atoms with Crippen molar-refractivity contribution in [3.63, 3.8) is 0 Å². The largest absolute Gasteiger partial charge is 0.321 e. The quantitative estimate of drug-likeness (QED) is 0.439. The summed E-state index contributed by atoms with van der Waals surface area (Å²) < 4.78 is 1.14. The molecule has 3 nitrogen and oxygen atoms in total. The van der Waals surface area contributed by atoms with Gasteiger partial charge in [0.25, 0.3) is 5.91 Å². The third-order valence-corrected chi connectivity index (χ3v) is 5.30. The van der Waals surface area contributed by atoms with E-state index in [9.17, 15) is 4.79 Å². The van der Waals surface area contributed by atoms with E-state index in [4.69, 9.17) is 0 Å². The summed E-state index contributed by atoms with van der Waals surface area (Å²) in [7, 11) is 0. The number of carbonyl (C=O) groups excluding carboxylic acids is 1. The van der Waals surface area contributed by atoms with Gasteiger partial charge in [0, 0.05) is 20.0 Å². The van der Waals surface area contributed by atoms with Gasteiger partial charge in [0.15, 0.2) is 0 Å². The summed E-state index contributed by atoms with van der Waals surface area (Å²) in [4.78, 5) is 18.6. The molecule has 0 aliphatic heterocycles. The van der Waals surface area contributed by atoms with Gasteiger partial charge in [-0.25, -0.2) is 4.98 Å². The molecule has 0 radical (unpaired) electrons. The van der Waals surface area contributed by atoms with E-state index in [2.05, 4.69) is 39.0 Å². The number of aromatic nitrogens is 1. The van der Waals surface area contributed by atoms with E-state index in [0.29, 0.717) is 4.88 Å². The fourth-order valence-electron chi connectivity index (χ4n) is 2.41. The van der Waals surface area contributed by atoms with Gasteiger partial charge in [0.1, 0.15) is 4.83 Å². The zero-order valence-electron chi connectivity index (χ0n) is 11.9. The van der Waals surface area contributed by atoms with Crippen LogP contribution in [0.25, 0.3) is 21.1 Å². The Morgan fingerprint density at radius 3 is 2.61 bits per heavy atom. The summed E-state index contributed by atoms with van der Waals surface area (Å²) in [6.45, 7) is 0. The second kappa shape index (κ2) is 5.90. The van der Waals surface area contributed by atoms with Crippen molar-refractivity contribution < 1.29 is 4.79 Å². The SMILES string of the molecule is O=C(Nc1ccc(I)cc1)c1cc2cc3ccccc3nc2s1. The lowest BCUT2D eigenvalue weighted by Gasteiger charge is -2.02. The Hall–Kier alpha value is -1.99. The summed E-state index contributed by atoms with van der Waals surface area (Å²) in [5.74, 6) is -0.0988. The number of thiophene rings is 1. The fourth-order valence-corrected chi connectivity index (χ4v) is 3.69. The van der Waals surface area contributed by atoms with Gasteiger partial charge in [-0.2, -0.15) is 0 Å². The number of carbonyl (C=O) groups is 1. The Balaban J connectivity index is 1.69. The molecule has 0 spiro atoms. The van der Waals surface area contributed by atoms with Crippen molar-refractivity contribution in [2.75, 3.05) is 5.32 Å². The Labute approximate surface area is 150 Å². The summed E-state index contributed by atoms with van der Waals surface area (Å²) in [5, 5.41) is 5.02. The van der Waals surface area contributed by atoms with Crippen molar-refractivity contribution >= 4 is 66.6 Å². The van der Waals surface area contributed by atoms with Gasteiger partial charge in [-0.1, -0.05) is 18.2 Å². The van der Waals surface area contributed by atoms with Crippen LogP contribution in [-0.4, -0.2) is 10.9 Å². The van der Waals surface area contributed by atoms with Crippen LogP contribution in [0.1, 0.15) is 9.67 Å². The Morgan fingerprint density at radius 1 is 1.00 bits per heavy atom. The number of benzene rings is 2. The maximum absolute atomic E-state index is 12.4. The van der Waals surface area contributed by atoms with Gasteiger partial charge >= 0.3 is 0 Å². The molecular formula is C18H11IN2OS. The monoisotopic (exact) mass is 430 g/mol. The van der Waals surface area contributed by atoms with E-state index in [-0.39, 0.29) is 5.91 Å². The highest BCUT2D eigenvalue weighted by Crippen LogP contribution is 2.28. The van der Waals surface area contributed by atoms with Gasteiger partial charge in [-0.15, -0.1) is 11.3 Å². The van der Waals surface area contributed by atoms with Crippen LogP contribution in [0.4, 0.5) is 5.69 Å². The van der Waals surface area contributed by atoms with Crippen LogP contribution in [0.15, 0.2) is 60.7 Å². The van der Waals surface area contributed by atoms with E-state index in [0.717, 1.165) is 30.4 Å². The summed E-state index contributed by atoms with van der Waals surface area (Å²) in [6, 6.07) is 19.7. The number of hydrogen-bond donors (Lipinski definition) is 1. The van der Waals surface area contributed by atoms with Crippen molar-refractivity contribution in [3.8, 4) is 0 Å². The van der Waals surface area contributed by atoms with Crippen molar-refractivity contribution in [2.45, 2.75) is 0 Å². The maximum atomic E-state index is 12.4. The third-order valence-electron chi connectivity index (χ3n) is 3.54. The number of amides is 1. The molecule has 0 unspecified atom stereocenters. The topological polar surface area (TPSA) is 42.0 Å². The van der Waals surface area contributed by atoms with E-state index in [1.807, 2.05) is 54.6 Å². The van der Waals surface area contributed by atoms with Crippen molar-refractivity contribution in [3.05, 3.63) is 69.1 Å². The number of nitrogens with zero attached hydrogens (tertiary/aromatic N) is 1. The number of pyridine rings is 1. The molecule has 4 rings (SSSR count). The van der Waals surface area contributed by atoms with Gasteiger partial charge in [-0.3, -0.25) is 4.79 Å². The van der Waals surface area contributed by atoms with Crippen LogP contribution in [0.5, 0.6) is 0 Å². The fraction of sp³-hybridized carbons (Fsp3) is 0. The Morgan fingerprint density at radius 2 is 1.78 bits per heavy atom. The molecule has 0 bridgehead atoms. The van der Waals surface area contributed by atoms with Crippen molar-refractivity contribution in [1.29, 1.82) is 0 Å². The standard InChI is InChI=1S/C18H11IN2OS/c19-13-5-7-14(8-6-13)20-17(22)16-10-12-9-11-3-1-2-4-15(11)21-18(12)23-16/h1-10H,(H,20,22). The molecule has 5 heteroatoms. The van der Waals surface area contributed by atoms with Crippen molar-refractivity contribution in [1.82, 2.24) is 4.98 Å². The molecule has 0 fully saturated rings. The van der Waals surface area contributed by atoms with Crippen LogP contribution in [0.3, 0.4) is 0 Å². The maximum Gasteiger partial charge on any atom is 0.265 e. The number of anilines is 1. The first-order chi connectivity index (χ1) is 11.2. The Kier molecular flexibility index (Phi) is 3.74. The highest BCUT2D eigenvalue weighted by Gasteiger charge is 2.12. The minimum Gasteiger partial charge on any atom is -0.321 e. The molecule has 0 saturated carbocycles. The van der Waals surface area contributed by atoms with Gasteiger partial charge < -0.3 is 5.32 Å². The zero-order valence-corrected chi connectivity index (χ0v) is 14.9. The van der Waals surface area contributed by atoms with Crippen LogP contribution in [-0.2, 0) is 0 Å². The lowest BCUT2D eigenvalue weighted by Crippen LogP contribution is -2.09. The molecule has 1 N–H and O–H groups in total. The molecule has 2 heterocycles. The predicted octanol–water partition coefficient (Wildman–Crippen LogP) is 5.31. The predicted molar refractivity (Wildman–Crippen MR) is 104 cm³/mol. The number of halogens is 1. The van der Waals surface area contributed by atoms with E-state index in [1.54, 1.807) is 0 Å². The molecule has 0 aliphatic rings. The summed E-state index contributed by atoms with van der Waals surface area (Å²) in [6.07, 6.45) is 0. The first-order valence-electron chi connectivity index (χ1n) is 7.05. The van der Waals surface area contributed by atoms with E-state index in [1.165, 1.54) is 11.3 Å². The summed E-state index contributed by atoms with van der Waals surface area (Å²) in [5.41, 5.74) is 1.75. The van der Waals surface area contributed by atoms with Crippen LogP contribution >= 0.6 is 33.9 Å². The second-order valence-corrected chi connectivity index (χ2v) is 7.42. The molecule has 1 amide bonds. The van der Waals surface area contributed by atoms with Gasteiger partial charge in [0.05, 0.1) is 10.4 Å². The average molecular weight is 430 g/mol. The third kappa shape index (κ3) is 2.94. The minimum atomic E-state index is -0.0988. The molecular weight excluding hydrogens is 419 g/mol. The smallest absolute Gasteiger partial charge is 0.265 e. The van der Waals surface area contributed by atoms with Crippen LogP contribution in [0, 0.1) is 3.57 Å². The van der Waals surface area contributed by atoms with Crippen LogP contribution < -0.4 is 5.32 Å². The molecule has 2 aromatic carbocycles. The molecule has 0 atom stereocenters. The molecule has 112 valence electrons. The van der Waals surface area contributed by atoms with Gasteiger partial charge in [0.2, 0.25) is 0 Å². The number of nitrogens with one attached hydrogen (secondary N) is 1. The first-order valence-corrected chi connectivity index (χ1v) is 8.95. The number of fused-ring (bicyclic) bond motifs is 2. The lowest BCUT2D eigenvalue weighted by molar-refractivity contribution is 0.103.